The van der Waals surface area contributed by atoms with Crippen molar-refractivity contribution in [2.45, 2.75) is 19.5 Å². The van der Waals surface area contributed by atoms with Crippen LogP contribution in [0.4, 0.5) is 0 Å². The summed E-state index contributed by atoms with van der Waals surface area (Å²) < 4.78 is 27.2. The molecule has 25 heavy (non-hydrogen) atoms. The molecule has 5 nitrogen and oxygen atoms in total. The van der Waals surface area contributed by atoms with Crippen molar-refractivity contribution in [2.75, 3.05) is 26.9 Å². The van der Waals surface area contributed by atoms with Crippen LogP contribution in [0.2, 0.25) is 0 Å². The average molecular weight is 364 g/mol. The van der Waals surface area contributed by atoms with Crippen molar-refractivity contribution >= 4 is 7.60 Å². The van der Waals surface area contributed by atoms with Crippen molar-refractivity contribution in [3.8, 4) is 5.75 Å². The summed E-state index contributed by atoms with van der Waals surface area (Å²) in [4.78, 5) is 9.69. The number of benzene rings is 2. The fraction of sp³-hybridized carbons (Fsp3) is 0.368. The van der Waals surface area contributed by atoms with E-state index in [1.165, 1.54) is 5.56 Å². The largest absolute Gasteiger partial charge is 0.491 e. The van der Waals surface area contributed by atoms with E-state index in [4.69, 9.17) is 14.0 Å². The lowest BCUT2D eigenvalue weighted by Gasteiger charge is -2.11. The van der Waals surface area contributed by atoms with Crippen molar-refractivity contribution in [2.24, 2.45) is 0 Å². The van der Waals surface area contributed by atoms with E-state index in [1.807, 2.05) is 48.5 Å². The summed E-state index contributed by atoms with van der Waals surface area (Å²) in [5.41, 5.74) is 3.11. The van der Waals surface area contributed by atoms with Crippen molar-refractivity contribution < 1.29 is 23.5 Å². The van der Waals surface area contributed by atoms with Gasteiger partial charge in [0, 0.05) is 7.11 Å². The van der Waals surface area contributed by atoms with Crippen LogP contribution in [-0.4, -0.2) is 31.8 Å². The molecule has 136 valence electrons. The summed E-state index contributed by atoms with van der Waals surface area (Å²) in [5.74, 6) is 0.825. The van der Waals surface area contributed by atoms with Crippen molar-refractivity contribution in [1.29, 1.82) is 0 Å². The minimum atomic E-state index is -3.54. The Morgan fingerprint density at radius 3 is 2.04 bits per heavy atom. The monoisotopic (exact) mass is 364 g/mol. The molecule has 0 saturated carbocycles. The highest BCUT2D eigenvalue weighted by atomic mass is 31.2. The molecular formula is C19H25O5P. The molecule has 1 N–H and O–H groups in total. The standard InChI is InChI=1S/C19H25O5P/c1-3-24-25(20,21)15-18-6-4-16(5-7-18)14-17-8-10-19(11-9-17)23-13-12-22-2/h4-11H,3,12-15H2,1-2H3,(H,20,21). The second-order valence-corrected chi connectivity index (χ2v) is 7.54. The zero-order valence-corrected chi connectivity index (χ0v) is 15.6. The molecule has 0 aliphatic carbocycles. The van der Waals surface area contributed by atoms with E-state index in [2.05, 4.69) is 0 Å². The molecule has 0 saturated heterocycles. The quantitative estimate of drug-likeness (QED) is 0.509. The minimum Gasteiger partial charge on any atom is -0.491 e. The summed E-state index contributed by atoms with van der Waals surface area (Å²) in [5, 5.41) is 0. The Morgan fingerprint density at radius 2 is 1.48 bits per heavy atom. The van der Waals surface area contributed by atoms with E-state index in [0.29, 0.717) is 13.2 Å². The highest BCUT2D eigenvalue weighted by molar-refractivity contribution is 7.51. The summed E-state index contributed by atoms with van der Waals surface area (Å²) in [6.07, 6.45) is 0.829. The molecule has 0 aliphatic rings. The maximum absolute atomic E-state index is 11.8. The van der Waals surface area contributed by atoms with Gasteiger partial charge in [0.15, 0.2) is 0 Å². The SMILES string of the molecule is CCOP(=O)(O)Cc1ccc(Cc2ccc(OCCOC)cc2)cc1. The third kappa shape index (κ3) is 7.00. The molecule has 1 atom stereocenters. The van der Waals surface area contributed by atoms with Crippen LogP contribution in [-0.2, 0) is 26.4 Å². The van der Waals surface area contributed by atoms with E-state index in [-0.39, 0.29) is 12.8 Å². The zero-order chi connectivity index (χ0) is 18.1. The number of rotatable bonds is 10. The van der Waals surface area contributed by atoms with Crippen molar-refractivity contribution in [1.82, 2.24) is 0 Å². The minimum absolute atomic E-state index is 0.0363. The summed E-state index contributed by atoms with van der Waals surface area (Å²) in [7, 11) is -1.89. The molecule has 6 heteroatoms. The molecular weight excluding hydrogens is 339 g/mol. The van der Waals surface area contributed by atoms with Gasteiger partial charge in [0.25, 0.3) is 0 Å². The summed E-state index contributed by atoms with van der Waals surface area (Å²) in [6, 6.07) is 15.7. The topological polar surface area (TPSA) is 65.0 Å². The highest BCUT2D eigenvalue weighted by Gasteiger charge is 2.18. The second-order valence-electron chi connectivity index (χ2n) is 5.69. The Balaban J connectivity index is 1.91. The van der Waals surface area contributed by atoms with Crippen LogP contribution < -0.4 is 4.74 Å². The lowest BCUT2D eigenvalue weighted by atomic mass is 10.0. The molecule has 2 aromatic rings. The van der Waals surface area contributed by atoms with Crippen LogP contribution >= 0.6 is 7.60 Å². The predicted molar refractivity (Wildman–Crippen MR) is 98.2 cm³/mol. The van der Waals surface area contributed by atoms with E-state index in [9.17, 15) is 9.46 Å². The molecule has 0 fully saturated rings. The maximum atomic E-state index is 11.8. The van der Waals surface area contributed by atoms with Gasteiger partial charge < -0.3 is 18.9 Å². The maximum Gasteiger partial charge on any atom is 0.332 e. The van der Waals surface area contributed by atoms with Gasteiger partial charge in [-0.25, -0.2) is 0 Å². The smallest absolute Gasteiger partial charge is 0.332 e. The first-order valence-corrected chi connectivity index (χ1v) is 10.0. The first-order valence-electron chi connectivity index (χ1n) is 8.27. The second kappa shape index (κ2) is 9.73. The molecule has 2 rings (SSSR count). The molecule has 0 aromatic heterocycles. The average Bonchev–Trinajstić information content (AvgIpc) is 2.58. The molecule has 0 spiro atoms. The van der Waals surface area contributed by atoms with Crippen LogP contribution in [0.15, 0.2) is 48.5 Å². The Kier molecular flexibility index (Phi) is 7.66. The van der Waals surface area contributed by atoms with E-state index in [1.54, 1.807) is 14.0 Å². The predicted octanol–water partition coefficient (Wildman–Crippen LogP) is 4.02. The van der Waals surface area contributed by atoms with Gasteiger partial charge in [-0.05, 0) is 42.2 Å². The molecule has 0 aliphatic heterocycles. The number of hydrogen-bond donors (Lipinski definition) is 1. The molecule has 1 unspecified atom stereocenters. The number of methoxy groups -OCH3 is 1. The highest BCUT2D eigenvalue weighted by Crippen LogP contribution is 2.45. The van der Waals surface area contributed by atoms with Gasteiger partial charge in [0.05, 0.1) is 19.4 Å². The van der Waals surface area contributed by atoms with Gasteiger partial charge in [-0.3, -0.25) is 4.57 Å². The van der Waals surface area contributed by atoms with Gasteiger partial charge in [-0.15, -0.1) is 0 Å². The molecule has 2 aromatic carbocycles. The lowest BCUT2D eigenvalue weighted by molar-refractivity contribution is 0.146. The van der Waals surface area contributed by atoms with Gasteiger partial charge in [0.1, 0.15) is 12.4 Å². The van der Waals surface area contributed by atoms with Gasteiger partial charge in [-0.2, -0.15) is 0 Å². The Bertz CT molecular complexity index is 682. The number of ether oxygens (including phenoxy) is 2. The first kappa shape index (κ1) is 19.7. The van der Waals surface area contributed by atoms with Crippen molar-refractivity contribution in [3.63, 3.8) is 0 Å². The van der Waals surface area contributed by atoms with Crippen LogP contribution in [0.5, 0.6) is 5.75 Å². The molecule has 0 bridgehead atoms. The summed E-state index contributed by atoms with van der Waals surface area (Å²) >= 11 is 0. The summed E-state index contributed by atoms with van der Waals surface area (Å²) in [6.45, 7) is 3.04. The lowest BCUT2D eigenvalue weighted by Crippen LogP contribution is -2.04. The third-order valence-electron chi connectivity index (χ3n) is 3.62. The van der Waals surface area contributed by atoms with Crippen molar-refractivity contribution in [3.05, 3.63) is 65.2 Å². The van der Waals surface area contributed by atoms with E-state index >= 15 is 0 Å². The van der Waals surface area contributed by atoms with Crippen LogP contribution in [0, 0.1) is 0 Å². The Hall–Kier alpha value is -1.65. The fourth-order valence-electron chi connectivity index (χ4n) is 2.42. The van der Waals surface area contributed by atoms with Crippen LogP contribution in [0.1, 0.15) is 23.6 Å². The van der Waals surface area contributed by atoms with Gasteiger partial charge >= 0.3 is 7.60 Å². The van der Waals surface area contributed by atoms with Gasteiger partial charge in [0.2, 0.25) is 0 Å². The van der Waals surface area contributed by atoms with Crippen LogP contribution in [0.3, 0.4) is 0 Å². The number of hydrogen-bond acceptors (Lipinski definition) is 4. The van der Waals surface area contributed by atoms with E-state index in [0.717, 1.165) is 23.3 Å². The normalized spacial score (nSPS) is 13.4. The first-order chi connectivity index (χ1) is 12.0. The van der Waals surface area contributed by atoms with Gasteiger partial charge in [-0.1, -0.05) is 36.4 Å². The molecule has 0 amide bonds. The molecule has 0 heterocycles. The van der Waals surface area contributed by atoms with E-state index < -0.39 is 7.60 Å². The van der Waals surface area contributed by atoms with Crippen LogP contribution in [0.25, 0.3) is 0 Å². The zero-order valence-electron chi connectivity index (χ0n) is 14.7. The Morgan fingerprint density at radius 1 is 0.920 bits per heavy atom. The Labute approximate surface area is 149 Å². The fourth-order valence-corrected chi connectivity index (χ4v) is 3.59. The molecule has 0 radical (unpaired) electrons. The third-order valence-corrected chi connectivity index (χ3v) is 5.05.